The quantitative estimate of drug-likeness (QED) is 0.925. The molecular formula is C11H9Cl2NOS. The van der Waals surface area contributed by atoms with Gasteiger partial charge >= 0.3 is 0 Å². The first-order chi connectivity index (χ1) is 7.66. The molecule has 2 rings (SSSR count). The Labute approximate surface area is 107 Å². The Morgan fingerprint density at radius 1 is 1.31 bits per heavy atom. The second-order valence-electron chi connectivity index (χ2n) is 3.35. The lowest BCUT2D eigenvalue weighted by Crippen LogP contribution is -2.00. The van der Waals surface area contributed by atoms with E-state index < -0.39 is 6.10 Å². The Balaban J connectivity index is 2.14. The van der Waals surface area contributed by atoms with Gasteiger partial charge in [0.05, 0.1) is 10.4 Å². The number of pyridine rings is 1. The van der Waals surface area contributed by atoms with Crippen LogP contribution < -0.4 is 0 Å². The first-order valence-corrected chi connectivity index (χ1v) is 6.26. The zero-order chi connectivity index (χ0) is 11.5. The minimum atomic E-state index is -0.626. The van der Waals surface area contributed by atoms with E-state index in [9.17, 15) is 5.11 Å². The average molecular weight is 274 g/mol. The van der Waals surface area contributed by atoms with E-state index in [1.165, 1.54) is 11.3 Å². The first-order valence-electron chi connectivity index (χ1n) is 4.68. The molecule has 1 unspecified atom stereocenters. The molecule has 2 aromatic heterocycles. The molecule has 0 fully saturated rings. The fraction of sp³-hybridized carbons (Fsp3) is 0.182. The summed E-state index contributed by atoms with van der Waals surface area (Å²) in [6.45, 7) is 0. The molecule has 84 valence electrons. The molecule has 0 radical (unpaired) electrons. The number of aliphatic hydroxyl groups excluding tert-OH is 1. The summed E-state index contributed by atoms with van der Waals surface area (Å²) in [4.78, 5) is 3.92. The van der Waals surface area contributed by atoms with Crippen LogP contribution in [0, 0.1) is 0 Å². The summed E-state index contributed by atoms with van der Waals surface area (Å²) in [7, 11) is 0. The van der Waals surface area contributed by atoms with Crippen LogP contribution in [0.25, 0.3) is 0 Å². The fourth-order valence-electron chi connectivity index (χ4n) is 1.43. The third kappa shape index (κ3) is 2.74. The second-order valence-corrected chi connectivity index (χ2v) is 5.64. The lowest BCUT2D eigenvalue weighted by Gasteiger charge is -2.09. The number of aliphatic hydroxyl groups is 1. The Morgan fingerprint density at radius 3 is 2.56 bits per heavy atom. The molecule has 1 atom stereocenters. The molecule has 1 N–H and O–H groups in total. The van der Waals surface area contributed by atoms with E-state index in [4.69, 9.17) is 23.2 Å². The molecule has 0 aliphatic heterocycles. The van der Waals surface area contributed by atoms with Gasteiger partial charge in [0.2, 0.25) is 0 Å². The van der Waals surface area contributed by atoms with E-state index in [0.717, 1.165) is 5.56 Å². The van der Waals surface area contributed by atoms with Crippen molar-refractivity contribution in [2.24, 2.45) is 0 Å². The number of rotatable bonds is 3. The van der Waals surface area contributed by atoms with E-state index in [1.54, 1.807) is 18.5 Å². The Kier molecular flexibility index (Phi) is 3.82. The van der Waals surface area contributed by atoms with Gasteiger partial charge in [-0.1, -0.05) is 23.2 Å². The largest absolute Gasteiger partial charge is 0.388 e. The van der Waals surface area contributed by atoms with Crippen LogP contribution in [0.4, 0.5) is 0 Å². The zero-order valence-electron chi connectivity index (χ0n) is 8.23. The van der Waals surface area contributed by atoms with Gasteiger partial charge in [-0.05, 0) is 23.8 Å². The predicted octanol–water partition coefficient (Wildman–Crippen LogP) is 3.73. The standard InChI is InChI=1S/C11H9Cl2NOS/c12-10-6-8(11(13)16-10)9(15)5-7-1-3-14-4-2-7/h1-4,6,9,15H,5H2. The van der Waals surface area contributed by atoms with Crippen LogP contribution in [0.2, 0.25) is 8.67 Å². The molecule has 0 saturated heterocycles. The lowest BCUT2D eigenvalue weighted by molar-refractivity contribution is 0.179. The highest BCUT2D eigenvalue weighted by Gasteiger charge is 2.15. The summed E-state index contributed by atoms with van der Waals surface area (Å²) in [5.41, 5.74) is 1.70. The molecule has 0 saturated carbocycles. The third-order valence-electron chi connectivity index (χ3n) is 2.22. The fourth-order valence-corrected chi connectivity index (χ4v) is 3.00. The van der Waals surface area contributed by atoms with Crippen molar-refractivity contribution < 1.29 is 5.11 Å². The smallest absolute Gasteiger partial charge is 0.100 e. The average Bonchev–Trinajstić information content (AvgIpc) is 2.59. The van der Waals surface area contributed by atoms with Gasteiger partial charge in [0, 0.05) is 24.4 Å². The SMILES string of the molecule is OC(Cc1ccncc1)c1cc(Cl)sc1Cl. The molecule has 0 aliphatic carbocycles. The minimum absolute atomic E-state index is 0.509. The molecule has 0 aliphatic rings. The second kappa shape index (κ2) is 5.15. The number of aromatic nitrogens is 1. The van der Waals surface area contributed by atoms with Gasteiger partial charge < -0.3 is 5.11 Å². The van der Waals surface area contributed by atoms with Crippen molar-refractivity contribution in [2.45, 2.75) is 12.5 Å². The maximum Gasteiger partial charge on any atom is 0.100 e. The van der Waals surface area contributed by atoms with Gasteiger partial charge in [-0.15, -0.1) is 11.3 Å². The Hall–Kier alpha value is -0.610. The molecule has 5 heteroatoms. The highest BCUT2D eigenvalue weighted by atomic mass is 35.5. The summed E-state index contributed by atoms with van der Waals surface area (Å²) in [5, 5.41) is 10.0. The van der Waals surface area contributed by atoms with Crippen molar-refractivity contribution in [3.05, 3.63) is 50.4 Å². The van der Waals surface area contributed by atoms with Crippen molar-refractivity contribution in [3.8, 4) is 0 Å². The maximum atomic E-state index is 10.0. The molecule has 2 aromatic rings. The van der Waals surface area contributed by atoms with Crippen LogP contribution in [0.15, 0.2) is 30.6 Å². The van der Waals surface area contributed by atoms with Gasteiger partial charge in [-0.3, -0.25) is 4.98 Å². The number of hydrogen-bond donors (Lipinski definition) is 1. The number of hydrogen-bond acceptors (Lipinski definition) is 3. The van der Waals surface area contributed by atoms with Crippen LogP contribution in [-0.4, -0.2) is 10.1 Å². The number of nitrogens with zero attached hydrogens (tertiary/aromatic N) is 1. The van der Waals surface area contributed by atoms with E-state index in [1.807, 2.05) is 12.1 Å². The number of thiophene rings is 1. The topological polar surface area (TPSA) is 33.1 Å². The first kappa shape index (κ1) is 11.9. The van der Waals surface area contributed by atoms with Gasteiger partial charge in [-0.25, -0.2) is 0 Å². The van der Waals surface area contributed by atoms with Crippen molar-refractivity contribution in [1.29, 1.82) is 0 Å². The molecule has 2 heterocycles. The summed E-state index contributed by atoms with van der Waals surface area (Å²) >= 11 is 13.1. The van der Waals surface area contributed by atoms with Crippen LogP contribution in [-0.2, 0) is 6.42 Å². The summed E-state index contributed by atoms with van der Waals surface area (Å²) in [5.74, 6) is 0. The van der Waals surface area contributed by atoms with Crippen molar-refractivity contribution in [3.63, 3.8) is 0 Å². The Morgan fingerprint density at radius 2 is 2.00 bits per heavy atom. The molecule has 0 bridgehead atoms. The van der Waals surface area contributed by atoms with Gasteiger partial charge in [0.25, 0.3) is 0 Å². The molecular weight excluding hydrogens is 265 g/mol. The van der Waals surface area contributed by atoms with Crippen LogP contribution in [0.5, 0.6) is 0 Å². The van der Waals surface area contributed by atoms with Gasteiger partial charge in [-0.2, -0.15) is 0 Å². The van der Waals surface area contributed by atoms with E-state index in [2.05, 4.69) is 4.98 Å². The minimum Gasteiger partial charge on any atom is -0.388 e. The van der Waals surface area contributed by atoms with Crippen LogP contribution >= 0.6 is 34.5 Å². The highest BCUT2D eigenvalue weighted by Crippen LogP contribution is 2.35. The molecule has 16 heavy (non-hydrogen) atoms. The van der Waals surface area contributed by atoms with E-state index >= 15 is 0 Å². The maximum absolute atomic E-state index is 10.0. The van der Waals surface area contributed by atoms with Gasteiger partial charge in [0.1, 0.15) is 4.34 Å². The van der Waals surface area contributed by atoms with Crippen molar-refractivity contribution in [2.75, 3.05) is 0 Å². The predicted molar refractivity (Wildman–Crippen MR) is 67.2 cm³/mol. The van der Waals surface area contributed by atoms with Crippen molar-refractivity contribution >= 4 is 34.5 Å². The van der Waals surface area contributed by atoms with Crippen LogP contribution in [0.3, 0.4) is 0 Å². The highest BCUT2D eigenvalue weighted by molar-refractivity contribution is 7.20. The van der Waals surface area contributed by atoms with Crippen LogP contribution in [0.1, 0.15) is 17.2 Å². The molecule has 0 aromatic carbocycles. The summed E-state index contributed by atoms with van der Waals surface area (Å²) in [6.07, 6.45) is 3.28. The summed E-state index contributed by atoms with van der Waals surface area (Å²) in [6, 6.07) is 5.44. The lowest BCUT2D eigenvalue weighted by atomic mass is 10.1. The normalized spacial score (nSPS) is 12.7. The third-order valence-corrected chi connectivity index (χ3v) is 3.74. The van der Waals surface area contributed by atoms with E-state index in [0.29, 0.717) is 20.7 Å². The Bertz CT molecular complexity index is 472. The molecule has 0 amide bonds. The number of halogens is 2. The van der Waals surface area contributed by atoms with Crippen molar-refractivity contribution in [1.82, 2.24) is 4.98 Å². The summed E-state index contributed by atoms with van der Waals surface area (Å²) < 4.78 is 1.14. The van der Waals surface area contributed by atoms with Gasteiger partial charge in [0.15, 0.2) is 0 Å². The molecule has 0 spiro atoms. The zero-order valence-corrected chi connectivity index (χ0v) is 10.6. The molecule has 2 nitrogen and oxygen atoms in total. The monoisotopic (exact) mass is 273 g/mol. The van der Waals surface area contributed by atoms with E-state index in [-0.39, 0.29) is 0 Å².